The molecule has 2 N–H and O–H groups in total. The third-order valence-corrected chi connectivity index (χ3v) is 2.59. The minimum absolute atomic E-state index is 0. The second-order valence-electron chi connectivity index (χ2n) is 2.96. The van der Waals surface area contributed by atoms with Gasteiger partial charge in [0.15, 0.2) is 0 Å². The zero-order chi connectivity index (χ0) is 9.73. The van der Waals surface area contributed by atoms with Crippen LogP contribution in [-0.2, 0) is 16.4 Å². The summed E-state index contributed by atoms with van der Waals surface area (Å²) in [6.07, 6.45) is 1.35. The van der Waals surface area contributed by atoms with Crippen LogP contribution in [-0.4, -0.2) is 14.2 Å². The Balaban J connectivity index is 0. The molecule has 74 valence electrons. The van der Waals surface area contributed by atoms with Gasteiger partial charge in [-0.25, -0.2) is 13.6 Å². The summed E-state index contributed by atoms with van der Waals surface area (Å²) in [5.74, 6) is 0.0574. The predicted molar refractivity (Wildman–Crippen MR) is 53.8 cm³/mol. The quantitative estimate of drug-likeness (QED) is 0.619. The molecule has 0 saturated carbocycles. The Bertz CT molecular complexity index is 356. The number of aryl methyl sites for hydroxylation is 1. The topological polar surface area (TPSA) is 60.2 Å². The first-order chi connectivity index (χ1) is 6.08. The number of nitrogens with two attached hydrogens (primary N) is 1. The van der Waals surface area contributed by atoms with Crippen molar-refractivity contribution in [3.05, 3.63) is 35.9 Å². The van der Waals surface area contributed by atoms with Gasteiger partial charge in [0.25, 0.3) is 0 Å². The summed E-state index contributed by atoms with van der Waals surface area (Å²) < 4.78 is 21.2. The SMILES string of the molecule is NS(=O)(=O)CCCc1ccccc1.[H-].[K+]. The van der Waals surface area contributed by atoms with Crippen LogP contribution in [0.25, 0.3) is 0 Å². The number of benzene rings is 1. The van der Waals surface area contributed by atoms with E-state index >= 15 is 0 Å². The van der Waals surface area contributed by atoms with E-state index in [1.807, 2.05) is 30.3 Å². The molecule has 0 saturated heterocycles. The molecule has 0 heterocycles. The average Bonchev–Trinajstić information content (AvgIpc) is 2.04. The number of primary sulfonamides is 1. The zero-order valence-corrected chi connectivity index (χ0v) is 12.2. The summed E-state index contributed by atoms with van der Waals surface area (Å²) in [6, 6.07) is 9.76. The molecule has 0 amide bonds. The van der Waals surface area contributed by atoms with Gasteiger partial charge in [-0.3, -0.25) is 0 Å². The Morgan fingerprint density at radius 2 is 1.79 bits per heavy atom. The molecule has 14 heavy (non-hydrogen) atoms. The smallest absolute Gasteiger partial charge is 1.00 e. The van der Waals surface area contributed by atoms with E-state index in [9.17, 15) is 8.42 Å². The van der Waals surface area contributed by atoms with Gasteiger partial charge in [-0.15, -0.1) is 0 Å². The Kier molecular flexibility index (Phi) is 7.50. The first-order valence-corrected chi connectivity index (χ1v) is 5.84. The molecular weight excluding hydrogens is 225 g/mol. The van der Waals surface area contributed by atoms with Crippen molar-refractivity contribution in [3.63, 3.8) is 0 Å². The fourth-order valence-corrected chi connectivity index (χ4v) is 1.67. The third-order valence-electron chi connectivity index (χ3n) is 1.74. The van der Waals surface area contributed by atoms with Crippen molar-refractivity contribution in [2.24, 2.45) is 5.14 Å². The summed E-state index contributed by atoms with van der Waals surface area (Å²) in [5.41, 5.74) is 1.14. The summed E-state index contributed by atoms with van der Waals surface area (Å²) in [5, 5.41) is 4.87. The molecule has 0 aliphatic carbocycles. The van der Waals surface area contributed by atoms with Gasteiger partial charge in [-0.05, 0) is 18.4 Å². The van der Waals surface area contributed by atoms with Crippen molar-refractivity contribution in [3.8, 4) is 0 Å². The zero-order valence-electron chi connectivity index (χ0n) is 9.31. The largest absolute Gasteiger partial charge is 1.00 e. The van der Waals surface area contributed by atoms with E-state index in [4.69, 9.17) is 5.14 Å². The maximum atomic E-state index is 10.6. The minimum atomic E-state index is -3.29. The van der Waals surface area contributed by atoms with Gasteiger partial charge in [-0.2, -0.15) is 0 Å². The monoisotopic (exact) mass is 239 g/mol. The maximum Gasteiger partial charge on any atom is 1.00 e. The van der Waals surface area contributed by atoms with Crippen LogP contribution in [0.1, 0.15) is 13.4 Å². The molecule has 0 radical (unpaired) electrons. The van der Waals surface area contributed by atoms with Gasteiger partial charge in [0.2, 0.25) is 10.0 Å². The van der Waals surface area contributed by atoms with Crippen LogP contribution < -0.4 is 56.5 Å². The van der Waals surface area contributed by atoms with Crippen LogP contribution in [0.3, 0.4) is 0 Å². The standard InChI is InChI=1S/C9H13NO2S.K.H/c10-13(11,12)8-4-7-9-5-2-1-3-6-9;;/h1-3,5-6H,4,7-8H2,(H2,10,11,12);;/q;+1;-1. The summed E-state index contributed by atoms with van der Waals surface area (Å²) >= 11 is 0. The van der Waals surface area contributed by atoms with Crippen molar-refractivity contribution in [1.82, 2.24) is 0 Å². The van der Waals surface area contributed by atoms with E-state index in [1.54, 1.807) is 0 Å². The van der Waals surface area contributed by atoms with Crippen LogP contribution >= 0.6 is 0 Å². The van der Waals surface area contributed by atoms with E-state index < -0.39 is 10.0 Å². The molecule has 0 fully saturated rings. The van der Waals surface area contributed by atoms with Crippen molar-refractivity contribution in [2.75, 3.05) is 5.75 Å². The van der Waals surface area contributed by atoms with Crippen molar-refractivity contribution in [1.29, 1.82) is 0 Å². The number of sulfonamides is 1. The molecule has 5 heteroatoms. The fourth-order valence-electron chi connectivity index (χ4n) is 1.12. The molecule has 0 aliphatic heterocycles. The van der Waals surface area contributed by atoms with E-state index in [-0.39, 0.29) is 58.6 Å². The minimum Gasteiger partial charge on any atom is -1.00 e. The van der Waals surface area contributed by atoms with Gasteiger partial charge in [0.1, 0.15) is 0 Å². The van der Waals surface area contributed by atoms with E-state index in [1.165, 1.54) is 0 Å². The molecule has 0 spiro atoms. The molecule has 0 aliphatic rings. The van der Waals surface area contributed by atoms with E-state index in [0.29, 0.717) is 6.42 Å². The second-order valence-corrected chi connectivity index (χ2v) is 4.69. The molecule has 0 aromatic heterocycles. The van der Waals surface area contributed by atoms with Gasteiger partial charge < -0.3 is 1.43 Å². The molecule has 1 aromatic carbocycles. The van der Waals surface area contributed by atoms with Gasteiger partial charge >= 0.3 is 51.4 Å². The molecule has 0 atom stereocenters. The first kappa shape index (κ1) is 14.8. The molecule has 3 nitrogen and oxygen atoms in total. The van der Waals surface area contributed by atoms with E-state index in [2.05, 4.69) is 0 Å². The average molecular weight is 239 g/mol. The maximum absolute atomic E-state index is 10.6. The van der Waals surface area contributed by atoms with Gasteiger partial charge in [-0.1, -0.05) is 30.3 Å². The number of hydrogen-bond donors (Lipinski definition) is 1. The number of hydrogen-bond acceptors (Lipinski definition) is 2. The normalized spacial score (nSPS) is 10.6. The fraction of sp³-hybridized carbons (Fsp3) is 0.333. The van der Waals surface area contributed by atoms with E-state index in [0.717, 1.165) is 12.0 Å². The Morgan fingerprint density at radius 3 is 2.29 bits per heavy atom. The molecular formula is C9H14KNO2S. The van der Waals surface area contributed by atoms with Gasteiger partial charge in [0, 0.05) is 0 Å². The molecule has 0 unspecified atom stereocenters. The Morgan fingerprint density at radius 1 is 1.21 bits per heavy atom. The molecule has 1 aromatic rings. The van der Waals surface area contributed by atoms with Crippen LogP contribution in [0.15, 0.2) is 30.3 Å². The molecule has 1 rings (SSSR count). The van der Waals surface area contributed by atoms with Crippen LogP contribution in [0.4, 0.5) is 0 Å². The summed E-state index contributed by atoms with van der Waals surface area (Å²) in [7, 11) is -3.29. The van der Waals surface area contributed by atoms with Crippen molar-refractivity contribution < 1.29 is 61.2 Å². The van der Waals surface area contributed by atoms with Gasteiger partial charge in [0.05, 0.1) is 5.75 Å². The van der Waals surface area contributed by atoms with Crippen molar-refractivity contribution in [2.45, 2.75) is 12.8 Å². The number of rotatable bonds is 4. The second kappa shape index (κ2) is 7.11. The van der Waals surface area contributed by atoms with Crippen molar-refractivity contribution >= 4 is 10.0 Å². The first-order valence-electron chi connectivity index (χ1n) is 4.12. The van der Waals surface area contributed by atoms with Crippen LogP contribution in [0, 0.1) is 0 Å². The third kappa shape index (κ3) is 7.11. The van der Waals surface area contributed by atoms with Crippen LogP contribution in [0.2, 0.25) is 0 Å². The molecule has 0 bridgehead atoms. The Labute approximate surface area is 129 Å². The summed E-state index contributed by atoms with van der Waals surface area (Å²) in [4.78, 5) is 0. The predicted octanol–water partition coefficient (Wildman–Crippen LogP) is -1.98. The Hall–Kier alpha value is 0.766. The summed E-state index contributed by atoms with van der Waals surface area (Å²) in [6.45, 7) is 0. The van der Waals surface area contributed by atoms with Crippen LogP contribution in [0.5, 0.6) is 0 Å².